The summed E-state index contributed by atoms with van der Waals surface area (Å²) < 4.78 is 1.92. The topological polar surface area (TPSA) is 126 Å². The van der Waals surface area contributed by atoms with Crippen molar-refractivity contribution in [2.24, 2.45) is 5.92 Å². The molecule has 10 nitrogen and oxygen atoms in total. The van der Waals surface area contributed by atoms with Gasteiger partial charge in [0.1, 0.15) is 11.0 Å². The molecule has 1 aliphatic carbocycles. The fraction of sp³-hybridized carbons (Fsp3) is 0.185. The Morgan fingerprint density at radius 1 is 1.05 bits per heavy atom. The highest BCUT2D eigenvalue weighted by atomic mass is 15.2. The number of aromatic amines is 2. The molecule has 0 aliphatic heterocycles. The lowest BCUT2D eigenvalue weighted by atomic mass is 9.83. The summed E-state index contributed by atoms with van der Waals surface area (Å²) in [7, 11) is 0. The third-order valence-corrected chi connectivity index (χ3v) is 6.93. The molecule has 0 radical (unpaired) electrons. The molecule has 6 aromatic heterocycles. The monoisotopic (exact) mass is 488 g/mol. The van der Waals surface area contributed by atoms with E-state index in [0.717, 1.165) is 56.1 Å². The summed E-state index contributed by atoms with van der Waals surface area (Å²) in [6.45, 7) is 6.16. The van der Waals surface area contributed by atoms with Gasteiger partial charge in [0, 0.05) is 23.7 Å². The van der Waals surface area contributed by atoms with Gasteiger partial charge in [0.15, 0.2) is 11.5 Å². The predicted octanol–water partition coefficient (Wildman–Crippen LogP) is 5.18. The van der Waals surface area contributed by atoms with E-state index in [1.54, 1.807) is 18.7 Å². The minimum atomic E-state index is 0.545. The molecule has 6 heterocycles. The van der Waals surface area contributed by atoms with Crippen LogP contribution >= 0.6 is 0 Å². The van der Waals surface area contributed by atoms with Crippen LogP contribution in [0.1, 0.15) is 25.0 Å². The normalized spacial score (nSPS) is 13.8. The zero-order chi connectivity index (χ0) is 24.9. The highest BCUT2D eigenvalue weighted by Crippen LogP contribution is 2.33. The quantitative estimate of drug-likeness (QED) is 0.295. The van der Waals surface area contributed by atoms with Gasteiger partial charge in [-0.3, -0.25) is 15.1 Å². The number of imidazole rings is 2. The Morgan fingerprint density at radius 3 is 2.76 bits per heavy atom. The number of nitrogens with one attached hydrogen (secondary N) is 3. The maximum absolute atomic E-state index is 4.94. The van der Waals surface area contributed by atoms with Crippen LogP contribution < -0.4 is 5.32 Å². The Bertz CT molecular complexity index is 1790. The molecule has 7 rings (SSSR count). The summed E-state index contributed by atoms with van der Waals surface area (Å²) in [5, 5.41) is 11.0. The smallest absolute Gasteiger partial charge is 0.161 e. The Labute approximate surface area is 211 Å². The van der Waals surface area contributed by atoms with Crippen molar-refractivity contribution in [3.8, 4) is 28.5 Å². The van der Waals surface area contributed by atoms with Crippen LogP contribution in [0.3, 0.4) is 0 Å². The SMILES string of the molecule is C=C(Nc1cncc(-c2ccc3[nH]nc(-c4nc5c(-n6cnc(C)c6)cncc5[nH]4)c3n2)c1)C1CCC1. The van der Waals surface area contributed by atoms with E-state index < -0.39 is 0 Å². The summed E-state index contributed by atoms with van der Waals surface area (Å²) >= 11 is 0. The second kappa shape index (κ2) is 8.37. The van der Waals surface area contributed by atoms with Crippen LogP contribution in [-0.4, -0.2) is 44.7 Å². The molecule has 0 aromatic carbocycles. The van der Waals surface area contributed by atoms with E-state index in [-0.39, 0.29) is 0 Å². The largest absolute Gasteiger partial charge is 0.358 e. The van der Waals surface area contributed by atoms with Gasteiger partial charge in [0.05, 0.1) is 58.7 Å². The third-order valence-electron chi connectivity index (χ3n) is 6.93. The highest BCUT2D eigenvalue weighted by Gasteiger charge is 2.21. The van der Waals surface area contributed by atoms with Crippen LogP contribution in [0.25, 0.3) is 50.5 Å². The number of nitrogens with zero attached hydrogens (tertiary/aromatic N) is 7. The van der Waals surface area contributed by atoms with Crippen LogP contribution in [-0.2, 0) is 0 Å². The minimum Gasteiger partial charge on any atom is -0.358 e. The number of rotatable bonds is 6. The van der Waals surface area contributed by atoms with Crippen LogP contribution in [0.2, 0.25) is 0 Å². The zero-order valence-electron chi connectivity index (χ0n) is 20.2. The molecule has 1 aliphatic rings. The molecule has 3 N–H and O–H groups in total. The lowest BCUT2D eigenvalue weighted by Crippen LogP contribution is -2.18. The lowest BCUT2D eigenvalue weighted by molar-refractivity contribution is 0.371. The molecule has 0 unspecified atom stereocenters. The number of hydrogen-bond acceptors (Lipinski definition) is 7. The first-order valence-electron chi connectivity index (χ1n) is 12.2. The van der Waals surface area contributed by atoms with E-state index in [9.17, 15) is 0 Å². The van der Waals surface area contributed by atoms with Crippen LogP contribution in [0.4, 0.5) is 5.69 Å². The average Bonchev–Trinajstić information content (AvgIpc) is 3.60. The summed E-state index contributed by atoms with van der Waals surface area (Å²) in [5.41, 5.74) is 9.21. The van der Waals surface area contributed by atoms with E-state index in [2.05, 4.69) is 48.1 Å². The van der Waals surface area contributed by atoms with E-state index in [1.807, 2.05) is 42.2 Å². The van der Waals surface area contributed by atoms with Crippen molar-refractivity contribution in [3.05, 3.63) is 73.5 Å². The van der Waals surface area contributed by atoms with E-state index in [1.165, 1.54) is 19.3 Å². The third kappa shape index (κ3) is 3.74. The summed E-state index contributed by atoms with van der Waals surface area (Å²) in [6.07, 6.45) is 14.5. The van der Waals surface area contributed by atoms with Gasteiger partial charge >= 0.3 is 0 Å². The van der Waals surface area contributed by atoms with Crippen molar-refractivity contribution in [2.75, 3.05) is 5.32 Å². The number of allylic oxidation sites excluding steroid dienone is 1. The number of anilines is 1. The van der Waals surface area contributed by atoms with Crippen molar-refractivity contribution in [2.45, 2.75) is 26.2 Å². The summed E-state index contributed by atoms with van der Waals surface area (Å²) in [6, 6.07) is 6.00. The fourth-order valence-corrected chi connectivity index (χ4v) is 4.69. The summed E-state index contributed by atoms with van der Waals surface area (Å²) in [4.78, 5) is 26.3. The predicted molar refractivity (Wildman–Crippen MR) is 142 cm³/mol. The Balaban J connectivity index is 1.26. The molecule has 0 spiro atoms. The number of pyridine rings is 3. The van der Waals surface area contributed by atoms with Gasteiger partial charge in [-0.1, -0.05) is 13.0 Å². The van der Waals surface area contributed by atoms with Gasteiger partial charge in [-0.2, -0.15) is 5.10 Å². The standard InChI is InChI=1S/C27H24N10/c1-15-13-37(14-30-15)23-12-29-11-22-24(23)34-27(33-22)26-25-21(35-36-26)7-6-20(32-25)18-8-19(10-28-9-18)31-16(2)17-4-3-5-17/h6-14,17,31H,2-5H2,1H3,(H,33,34)(H,35,36). The lowest BCUT2D eigenvalue weighted by Gasteiger charge is -2.28. The molecule has 10 heteroatoms. The van der Waals surface area contributed by atoms with Gasteiger partial charge < -0.3 is 14.9 Å². The van der Waals surface area contributed by atoms with Crippen molar-refractivity contribution in [1.82, 2.24) is 44.7 Å². The first kappa shape index (κ1) is 21.4. The van der Waals surface area contributed by atoms with Crippen LogP contribution in [0.15, 0.2) is 67.8 Å². The maximum Gasteiger partial charge on any atom is 0.161 e. The average molecular weight is 489 g/mol. The molecule has 0 bridgehead atoms. The van der Waals surface area contributed by atoms with Gasteiger partial charge in [0.2, 0.25) is 0 Å². The number of H-pyrrole nitrogens is 2. The van der Waals surface area contributed by atoms with Crippen molar-refractivity contribution >= 4 is 27.8 Å². The number of aryl methyl sites for hydroxylation is 1. The highest BCUT2D eigenvalue weighted by molar-refractivity contribution is 5.93. The molecule has 1 fully saturated rings. The van der Waals surface area contributed by atoms with E-state index in [0.29, 0.717) is 17.4 Å². The van der Waals surface area contributed by atoms with E-state index >= 15 is 0 Å². The van der Waals surface area contributed by atoms with E-state index in [4.69, 9.17) is 9.97 Å². The first-order chi connectivity index (χ1) is 18.1. The maximum atomic E-state index is 4.94. The molecule has 182 valence electrons. The van der Waals surface area contributed by atoms with Gasteiger partial charge in [-0.05, 0) is 43.9 Å². The second-order valence-corrected chi connectivity index (χ2v) is 9.47. The fourth-order valence-electron chi connectivity index (χ4n) is 4.69. The number of hydrogen-bond donors (Lipinski definition) is 3. The molecule has 1 saturated carbocycles. The molecule has 6 aromatic rings. The van der Waals surface area contributed by atoms with Crippen molar-refractivity contribution < 1.29 is 0 Å². The Hall–Kier alpha value is -4.86. The minimum absolute atomic E-state index is 0.545. The molecule has 0 amide bonds. The summed E-state index contributed by atoms with van der Waals surface area (Å²) in [5.74, 6) is 1.16. The van der Waals surface area contributed by atoms with Gasteiger partial charge in [-0.15, -0.1) is 0 Å². The van der Waals surface area contributed by atoms with Crippen molar-refractivity contribution in [3.63, 3.8) is 0 Å². The number of aromatic nitrogens is 9. The first-order valence-corrected chi connectivity index (χ1v) is 12.2. The van der Waals surface area contributed by atoms with Crippen LogP contribution in [0, 0.1) is 12.8 Å². The molecule has 0 saturated heterocycles. The number of fused-ring (bicyclic) bond motifs is 2. The zero-order valence-corrected chi connectivity index (χ0v) is 20.2. The molecular weight excluding hydrogens is 464 g/mol. The second-order valence-electron chi connectivity index (χ2n) is 9.47. The van der Waals surface area contributed by atoms with Crippen molar-refractivity contribution in [1.29, 1.82) is 0 Å². The van der Waals surface area contributed by atoms with Crippen LogP contribution in [0.5, 0.6) is 0 Å². The van der Waals surface area contributed by atoms with Gasteiger partial charge in [-0.25, -0.2) is 15.0 Å². The molecule has 37 heavy (non-hydrogen) atoms. The Kier molecular flexibility index (Phi) is 4.85. The Morgan fingerprint density at radius 2 is 1.95 bits per heavy atom. The molecular formula is C27H24N10. The molecule has 0 atom stereocenters. The van der Waals surface area contributed by atoms with Gasteiger partial charge in [0.25, 0.3) is 0 Å².